The van der Waals surface area contributed by atoms with E-state index in [0.29, 0.717) is 0 Å². The molecule has 2 heterocycles. The lowest BCUT2D eigenvalue weighted by Gasteiger charge is -2.31. The molecule has 2 aliphatic rings. The molecule has 0 radical (unpaired) electrons. The van der Waals surface area contributed by atoms with Gasteiger partial charge in [-0.25, -0.2) is 5.14 Å². The third-order valence-electron chi connectivity index (χ3n) is 2.92. The molecule has 0 aromatic rings. The van der Waals surface area contributed by atoms with E-state index in [9.17, 15) is 8.42 Å². The zero-order valence-corrected chi connectivity index (χ0v) is 7.76. The van der Waals surface area contributed by atoms with E-state index in [0.717, 1.165) is 32.1 Å². The third kappa shape index (κ3) is 1.26. The molecular formula is C7H14N2O2S. The van der Waals surface area contributed by atoms with Gasteiger partial charge in [-0.15, -0.1) is 0 Å². The smallest absolute Gasteiger partial charge is 0.216 e. The van der Waals surface area contributed by atoms with Gasteiger partial charge in [0.05, 0.1) is 0 Å². The van der Waals surface area contributed by atoms with Crippen LogP contribution in [0.1, 0.15) is 32.1 Å². The lowest BCUT2D eigenvalue weighted by atomic mass is 10.1. The number of hydrogen-bond acceptors (Lipinski definition) is 2. The molecule has 0 aromatic carbocycles. The fraction of sp³-hybridized carbons (Fsp3) is 1.00. The van der Waals surface area contributed by atoms with Crippen molar-refractivity contribution in [3.63, 3.8) is 0 Å². The Balaban J connectivity index is 2.27. The van der Waals surface area contributed by atoms with Gasteiger partial charge < -0.3 is 0 Å². The number of hydrogen-bond donors (Lipinski definition) is 1. The maximum atomic E-state index is 11.2. The van der Waals surface area contributed by atoms with Gasteiger partial charge in [-0.1, -0.05) is 6.42 Å². The van der Waals surface area contributed by atoms with Gasteiger partial charge in [0.1, 0.15) is 0 Å². The molecule has 12 heavy (non-hydrogen) atoms. The summed E-state index contributed by atoms with van der Waals surface area (Å²) in [6, 6.07) is 0.414. The minimum Gasteiger partial charge on any atom is -0.216 e. The van der Waals surface area contributed by atoms with Crippen LogP contribution in [0.4, 0.5) is 0 Å². The minimum absolute atomic E-state index is 0.207. The van der Waals surface area contributed by atoms with Crippen molar-refractivity contribution in [2.75, 3.05) is 0 Å². The normalized spacial score (nSPS) is 37.1. The third-order valence-corrected chi connectivity index (χ3v) is 4.11. The highest BCUT2D eigenvalue weighted by molar-refractivity contribution is 7.86. The predicted octanol–water partition coefficient (Wildman–Crippen LogP) is 0.207. The van der Waals surface area contributed by atoms with Crippen molar-refractivity contribution in [1.82, 2.24) is 4.31 Å². The van der Waals surface area contributed by atoms with Crippen molar-refractivity contribution in [2.24, 2.45) is 5.14 Å². The van der Waals surface area contributed by atoms with E-state index in [4.69, 9.17) is 5.14 Å². The van der Waals surface area contributed by atoms with Gasteiger partial charge in [-0.2, -0.15) is 12.7 Å². The number of rotatable bonds is 1. The van der Waals surface area contributed by atoms with Crippen molar-refractivity contribution >= 4 is 10.2 Å². The standard InChI is InChI=1S/C7H14N2O2S/c8-12(10,11)9-6-2-1-3-7(9)5-4-6/h6-7H,1-5H2,(H2,8,10,11). The van der Waals surface area contributed by atoms with Crippen molar-refractivity contribution < 1.29 is 8.42 Å². The van der Waals surface area contributed by atoms with Crippen molar-refractivity contribution in [2.45, 2.75) is 44.2 Å². The molecule has 2 rings (SSSR count). The average Bonchev–Trinajstić information content (AvgIpc) is 2.23. The Morgan fingerprint density at radius 3 is 1.92 bits per heavy atom. The fourth-order valence-corrected chi connectivity index (χ4v) is 3.74. The Kier molecular flexibility index (Phi) is 1.89. The summed E-state index contributed by atoms with van der Waals surface area (Å²) in [7, 11) is -3.43. The Morgan fingerprint density at radius 2 is 1.58 bits per heavy atom. The summed E-state index contributed by atoms with van der Waals surface area (Å²) in [5, 5.41) is 5.13. The molecular weight excluding hydrogens is 176 g/mol. The summed E-state index contributed by atoms with van der Waals surface area (Å²) < 4.78 is 23.8. The molecule has 0 saturated carbocycles. The van der Waals surface area contributed by atoms with Crippen LogP contribution < -0.4 is 5.14 Å². The first-order valence-corrected chi connectivity index (χ1v) is 5.90. The zero-order valence-electron chi connectivity index (χ0n) is 6.94. The summed E-state index contributed by atoms with van der Waals surface area (Å²) in [6.45, 7) is 0. The molecule has 4 nitrogen and oxygen atoms in total. The number of nitrogens with zero attached hydrogens (tertiary/aromatic N) is 1. The van der Waals surface area contributed by atoms with Crippen LogP contribution in [-0.4, -0.2) is 24.8 Å². The van der Waals surface area contributed by atoms with E-state index < -0.39 is 10.2 Å². The first-order chi connectivity index (χ1) is 5.59. The van der Waals surface area contributed by atoms with E-state index >= 15 is 0 Å². The van der Waals surface area contributed by atoms with Crippen molar-refractivity contribution in [3.05, 3.63) is 0 Å². The Labute approximate surface area is 72.9 Å². The van der Waals surface area contributed by atoms with Crippen LogP contribution in [0.15, 0.2) is 0 Å². The van der Waals surface area contributed by atoms with Crippen molar-refractivity contribution in [3.8, 4) is 0 Å². The van der Waals surface area contributed by atoms with Crippen LogP contribution in [-0.2, 0) is 10.2 Å². The first kappa shape index (κ1) is 8.47. The van der Waals surface area contributed by atoms with Crippen LogP contribution in [0.25, 0.3) is 0 Å². The highest BCUT2D eigenvalue weighted by Gasteiger charge is 2.41. The molecule has 2 bridgehead atoms. The molecule has 5 heteroatoms. The monoisotopic (exact) mass is 190 g/mol. The van der Waals surface area contributed by atoms with E-state index in [-0.39, 0.29) is 12.1 Å². The van der Waals surface area contributed by atoms with E-state index in [1.165, 1.54) is 4.31 Å². The maximum absolute atomic E-state index is 11.2. The van der Waals surface area contributed by atoms with Crippen LogP contribution in [0.5, 0.6) is 0 Å². The van der Waals surface area contributed by atoms with E-state index in [2.05, 4.69) is 0 Å². The summed E-state index contributed by atoms with van der Waals surface area (Å²) in [5.41, 5.74) is 0. The van der Waals surface area contributed by atoms with Gasteiger partial charge in [0.15, 0.2) is 0 Å². The van der Waals surface area contributed by atoms with Crippen molar-refractivity contribution in [1.29, 1.82) is 0 Å². The van der Waals surface area contributed by atoms with E-state index in [1.54, 1.807) is 0 Å². The lowest BCUT2D eigenvalue weighted by Crippen LogP contribution is -2.47. The molecule has 70 valence electrons. The summed E-state index contributed by atoms with van der Waals surface area (Å²) in [5.74, 6) is 0. The second kappa shape index (κ2) is 2.68. The average molecular weight is 190 g/mol. The van der Waals surface area contributed by atoms with Gasteiger partial charge >= 0.3 is 0 Å². The van der Waals surface area contributed by atoms with Crippen LogP contribution in [0, 0.1) is 0 Å². The van der Waals surface area contributed by atoms with Gasteiger partial charge in [0.2, 0.25) is 0 Å². The summed E-state index contributed by atoms with van der Waals surface area (Å²) in [4.78, 5) is 0. The largest absolute Gasteiger partial charge is 0.277 e. The SMILES string of the molecule is NS(=O)(=O)N1C2CCCC1CC2. The second-order valence-electron chi connectivity index (χ2n) is 3.69. The number of fused-ring (bicyclic) bond motifs is 2. The number of nitrogens with two attached hydrogens (primary N) is 1. The highest BCUT2D eigenvalue weighted by Crippen LogP contribution is 2.36. The molecule has 2 saturated heterocycles. The zero-order chi connectivity index (χ0) is 8.77. The summed E-state index contributed by atoms with van der Waals surface area (Å²) in [6.07, 6.45) is 5.14. The molecule has 0 aliphatic carbocycles. The topological polar surface area (TPSA) is 63.4 Å². The first-order valence-electron chi connectivity index (χ1n) is 4.40. The Hall–Kier alpha value is -0.130. The summed E-state index contributed by atoms with van der Waals surface area (Å²) >= 11 is 0. The van der Waals surface area contributed by atoms with E-state index in [1.807, 2.05) is 0 Å². The predicted molar refractivity (Wildman–Crippen MR) is 45.6 cm³/mol. The van der Waals surface area contributed by atoms with Gasteiger partial charge in [0.25, 0.3) is 10.2 Å². The molecule has 0 spiro atoms. The maximum Gasteiger partial charge on any atom is 0.277 e. The van der Waals surface area contributed by atoms with Crippen LogP contribution in [0.2, 0.25) is 0 Å². The van der Waals surface area contributed by atoms with Crippen LogP contribution >= 0.6 is 0 Å². The molecule has 0 amide bonds. The Morgan fingerprint density at radius 1 is 1.08 bits per heavy atom. The highest BCUT2D eigenvalue weighted by atomic mass is 32.2. The minimum atomic E-state index is -3.43. The lowest BCUT2D eigenvalue weighted by molar-refractivity contribution is 0.248. The van der Waals surface area contributed by atoms with Crippen LogP contribution in [0.3, 0.4) is 0 Å². The molecule has 2 fully saturated rings. The quantitative estimate of drug-likeness (QED) is 0.642. The van der Waals surface area contributed by atoms with Gasteiger partial charge in [-0.05, 0) is 25.7 Å². The fourth-order valence-electron chi connectivity index (χ4n) is 2.49. The second-order valence-corrected chi connectivity index (χ2v) is 5.14. The van der Waals surface area contributed by atoms with Gasteiger partial charge in [-0.3, -0.25) is 0 Å². The van der Waals surface area contributed by atoms with Gasteiger partial charge in [0, 0.05) is 12.1 Å². The number of piperidine rings is 1. The molecule has 2 aliphatic heterocycles. The molecule has 2 unspecified atom stereocenters. The molecule has 2 N–H and O–H groups in total. The molecule has 0 aromatic heterocycles. The molecule has 2 atom stereocenters. The Bertz CT molecular complexity index is 259.